The minimum absolute atomic E-state index is 0.0327. The average Bonchev–Trinajstić information content (AvgIpc) is 2.95. The number of nitrogens with zero attached hydrogens (tertiary/aromatic N) is 1. The molecule has 2 aromatic rings. The van der Waals surface area contributed by atoms with Crippen molar-refractivity contribution in [2.75, 3.05) is 26.0 Å². The fraction of sp³-hybridized carbons (Fsp3) is 0.438. The van der Waals surface area contributed by atoms with Gasteiger partial charge in [0, 0.05) is 18.2 Å². The number of carbonyl (C=O) groups excluding carboxylic acids is 6. The Morgan fingerprint density at radius 2 is 1.73 bits per heavy atom. The van der Waals surface area contributed by atoms with Crippen molar-refractivity contribution in [1.82, 2.24) is 10.2 Å². The second-order valence-electron chi connectivity index (χ2n) is 12.1. The number of hydrogen-bond acceptors (Lipinski definition) is 9. The van der Waals surface area contributed by atoms with E-state index >= 15 is 0 Å². The van der Waals surface area contributed by atoms with Gasteiger partial charge in [-0.1, -0.05) is 31.5 Å². The van der Waals surface area contributed by atoms with Crippen LogP contribution in [0.1, 0.15) is 42.1 Å². The zero-order valence-electron chi connectivity index (χ0n) is 24.8. The first-order valence-electron chi connectivity index (χ1n) is 14.7. The number of unbranched alkanes of at least 4 members (excludes halogenated alkanes) is 1. The third-order valence-electron chi connectivity index (χ3n) is 9.21. The number of likely N-dealkylation sites (N-methyl/N-ethyl adjacent to an activating group) is 1. The predicted octanol–water partition coefficient (Wildman–Crippen LogP) is 1.46. The number of fused-ring (bicyclic) bond motifs is 3. The molecular formula is C32H36N4O8. The molecule has 3 amide bonds. The van der Waals surface area contributed by atoms with Crippen LogP contribution in [0.2, 0.25) is 0 Å². The zero-order chi connectivity index (χ0) is 32.1. The van der Waals surface area contributed by atoms with E-state index < -0.39 is 64.4 Å². The molecule has 5 rings (SSSR count). The Bertz CT molecular complexity index is 1570. The molecule has 0 aromatic heterocycles. The van der Waals surface area contributed by atoms with Crippen LogP contribution in [0.15, 0.2) is 36.4 Å². The topological polar surface area (TPSA) is 196 Å². The van der Waals surface area contributed by atoms with Crippen LogP contribution in [0, 0.1) is 23.7 Å². The van der Waals surface area contributed by atoms with Crippen LogP contribution < -0.4 is 16.4 Å². The monoisotopic (exact) mass is 604 g/mol. The highest BCUT2D eigenvalue weighted by atomic mass is 16.3. The van der Waals surface area contributed by atoms with Gasteiger partial charge in [0.15, 0.2) is 34.7 Å². The van der Waals surface area contributed by atoms with E-state index in [1.807, 2.05) is 6.92 Å². The van der Waals surface area contributed by atoms with Crippen LogP contribution in [-0.2, 0) is 25.6 Å². The Morgan fingerprint density at radius 1 is 1.05 bits per heavy atom. The number of rotatable bonds is 7. The number of hydrogen-bond donors (Lipinski definition) is 5. The molecule has 12 nitrogen and oxygen atoms in total. The fourth-order valence-corrected chi connectivity index (χ4v) is 7.16. The minimum Gasteiger partial charge on any atom is -0.507 e. The molecule has 0 saturated heterocycles. The molecule has 0 radical (unpaired) electrons. The molecule has 6 N–H and O–H groups in total. The molecule has 0 spiro atoms. The number of aliphatic hydroxyl groups is 1. The molecule has 12 heteroatoms. The molecule has 3 aliphatic carbocycles. The van der Waals surface area contributed by atoms with Gasteiger partial charge in [0.1, 0.15) is 5.75 Å². The Balaban J connectivity index is 1.51. The Hall–Kier alpha value is -4.42. The molecule has 44 heavy (non-hydrogen) atoms. The number of aromatic hydroxyl groups is 1. The van der Waals surface area contributed by atoms with E-state index in [9.17, 15) is 39.0 Å². The molecule has 2 aromatic carbocycles. The molecule has 6 atom stereocenters. The maximum Gasteiger partial charge on any atom is 0.319 e. The number of primary amides is 1. The Labute approximate surface area is 254 Å². The van der Waals surface area contributed by atoms with Crippen LogP contribution in [0.25, 0.3) is 11.1 Å². The predicted molar refractivity (Wildman–Crippen MR) is 159 cm³/mol. The van der Waals surface area contributed by atoms with Gasteiger partial charge in [0.05, 0.1) is 17.5 Å². The van der Waals surface area contributed by atoms with Gasteiger partial charge in [-0.15, -0.1) is 0 Å². The molecule has 0 heterocycles. The number of nitrogens with two attached hydrogens (primary N) is 1. The lowest BCUT2D eigenvalue weighted by Crippen LogP contribution is -2.74. The van der Waals surface area contributed by atoms with Gasteiger partial charge >= 0.3 is 6.03 Å². The van der Waals surface area contributed by atoms with Crippen LogP contribution in [0.3, 0.4) is 0 Å². The fourth-order valence-electron chi connectivity index (χ4n) is 7.16. The van der Waals surface area contributed by atoms with Crippen molar-refractivity contribution in [3.05, 3.63) is 47.5 Å². The summed E-state index contributed by atoms with van der Waals surface area (Å²) in [4.78, 5) is 80.3. The lowest BCUT2D eigenvalue weighted by molar-refractivity contribution is -0.181. The lowest BCUT2D eigenvalue weighted by Gasteiger charge is -2.52. The van der Waals surface area contributed by atoms with E-state index in [1.54, 1.807) is 30.3 Å². The maximum absolute atomic E-state index is 14.0. The Morgan fingerprint density at radius 3 is 2.34 bits per heavy atom. The summed E-state index contributed by atoms with van der Waals surface area (Å²) in [5, 5.41) is 28.0. The summed E-state index contributed by atoms with van der Waals surface area (Å²) in [6, 6.07) is 8.46. The van der Waals surface area contributed by atoms with E-state index in [4.69, 9.17) is 5.73 Å². The SMILES string of the molecule is CCCCNC(=O)Nc1ccc(-c2ccc(O)c3c2CC2CC4C(N(C)C)C(=O)C(C(N)=O)C(=O)C4(O)C(=O)C2C3=O)cc1. The van der Waals surface area contributed by atoms with Gasteiger partial charge in [0.2, 0.25) is 5.91 Å². The first-order valence-corrected chi connectivity index (χ1v) is 14.7. The molecule has 232 valence electrons. The quantitative estimate of drug-likeness (QED) is 0.229. The number of phenols is 1. The van der Waals surface area contributed by atoms with Gasteiger partial charge in [0.25, 0.3) is 0 Å². The zero-order valence-corrected chi connectivity index (χ0v) is 24.8. The summed E-state index contributed by atoms with van der Waals surface area (Å²) in [6.07, 6.45) is 1.93. The number of urea groups is 1. The maximum atomic E-state index is 14.0. The van der Waals surface area contributed by atoms with Crippen molar-refractivity contribution in [2.45, 2.75) is 44.2 Å². The number of ketones is 4. The van der Waals surface area contributed by atoms with Crippen molar-refractivity contribution in [1.29, 1.82) is 0 Å². The van der Waals surface area contributed by atoms with Crippen molar-refractivity contribution in [3.63, 3.8) is 0 Å². The largest absolute Gasteiger partial charge is 0.507 e. The summed E-state index contributed by atoms with van der Waals surface area (Å²) in [6.45, 7) is 2.58. The highest BCUT2D eigenvalue weighted by molar-refractivity contribution is 6.32. The van der Waals surface area contributed by atoms with E-state index in [0.717, 1.165) is 12.8 Å². The van der Waals surface area contributed by atoms with Crippen molar-refractivity contribution in [3.8, 4) is 16.9 Å². The molecule has 2 fully saturated rings. The first kappa shape index (κ1) is 31.0. The summed E-state index contributed by atoms with van der Waals surface area (Å²) >= 11 is 0. The van der Waals surface area contributed by atoms with E-state index in [2.05, 4.69) is 10.6 Å². The number of nitrogens with one attached hydrogen (secondary N) is 2. The van der Waals surface area contributed by atoms with E-state index in [0.29, 0.717) is 28.9 Å². The second kappa shape index (κ2) is 11.6. The number of amides is 3. The van der Waals surface area contributed by atoms with Crippen LogP contribution in [0.4, 0.5) is 10.5 Å². The van der Waals surface area contributed by atoms with Crippen molar-refractivity contribution in [2.24, 2.45) is 29.4 Å². The number of carbonyl (C=O) groups is 6. The summed E-state index contributed by atoms with van der Waals surface area (Å²) in [7, 11) is 3.08. The summed E-state index contributed by atoms with van der Waals surface area (Å²) in [5.74, 6) is -10.9. The highest BCUT2D eigenvalue weighted by Gasteiger charge is 2.69. The summed E-state index contributed by atoms with van der Waals surface area (Å²) in [5.41, 5.74) is 4.90. The van der Waals surface area contributed by atoms with Gasteiger partial charge in [-0.05, 0) is 74.2 Å². The third-order valence-corrected chi connectivity index (χ3v) is 9.21. The normalized spacial score (nSPS) is 27.8. The molecule has 6 unspecified atom stereocenters. The number of anilines is 1. The first-order chi connectivity index (χ1) is 20.8. The molecule has 0 aliphatic heterocycles. The van der Waals surface area contributed by atoms with Crippen molar-refractivity contribution >= 4 is 40.8 Å². The third kappa shape index (κ3) is 4.87. The van der Waals surface area contributed by atoms with Crippen molar-refractivity contribution < 1.29 is 39.0 Å². The second-order valence-corrected chi connectivity index (χ2v) is 12.1. The van der Waals surface area contributed by atoms with Gasteiger partial charge < -0.3 is 26.6 Å². The number of phenolic OH excluding ortho intramolecular Hbond substituents is 1. The smallest absolute Gasteiger partial charge is 0.319 e. The lowest BCUT2D eigenvalue weighted by atomic mass is 9.52. The van der Waals surface area contributed by atoms with Crippen LogP contribution in [-0.4, -0.2) is 82.5 Å². The summed E-state index contributed by atoms with van der Waals surface area (Å²) < 4.78 is 0. The van der Waals surface area contributed by atoms with Gasteiger partial charge in [-0.25, -0.2) is 4.79 Å². The molecule has 0 bridgehead atoms. The molecule has 2 saturated carbocycles. The van der Waals surface area contributed by atoms with Gasteiger partial charge in [-0.2, -0.15) is 0 Å². The van der Waals surface area contributed by atoms with Gasteiger partial charge in [-0.3, -0.25) is 28.9 Å². The number of Topliss-reactive ketones (excluding diaryl/α,β-unsaturated/α-hetero) is 4. The van der Waals surface area contributed by atoms with E-state index in [-0.39, 0.29) is 30.2 Å². The van der Waals surface area contributed by atoms with Crippen LogP contribution >= 0.6 is 0 Å². The van der Waals surface area contributed by atoms with E-state index in [1.165, 1.54) is 25.1 Å². The standard InChI is InChI=1S/C32H36N4O8/c1-4-5-12-34-31(43)35-17-8-6-15(7-9-17)18-10-11-21(37)23-19(18)13-16-14-20-25(36(2)3)27(39)24(30(33)42)29(41)32(20,44)28(40)22(16)26(23)38/h6-11,16,20,22,24-25,37,44H,4-5,12-14H2,1-3H3,(H2,33,42)(H2,34,35,43). The Kier molecular flexibility index (Phi) is 8.17. The molecular weight excluding hydrogens is 568 g/mol. The minimum atomic E-state index is -2.77. The average molecular weight is 605 g/mol. The van der Waals surface area contributed by atoms with Crippen LogP contribution in [0.5, 0.6) is 5.75 Å². The highest BCUT2D eigenvalue weighted by Crippen LogP contribution is 2.51. The molecule has 3 aliphatic rings. The number of benzene rings is 2.